The molecule has 0 saturated carbocycles. The monoisotopic (exact) mass is 223 g/mol. The Labute approximate surface area is 97.2 Å². The maximum atomic E-state index is 9.41. The first-order chi connectivity index (χ1) is 7.56. The van der Waals surface area contributed by atoms with Gasteiger partial charge in [-0.15, -0.1) is 0 Å². The van der Waals surface area contributed by atoms with E-state index in [2.05, 4.69) is 0 Å². The van der Waals surface area contributed by atoms with Crippen molar-refractivity contribution in [1.82, 2.24) is 0 Å². The van der Waals surface area contributed by atoms with E-state index in [1.54, 1.807) is 6.92 Å². The normalized spacial score (nSPS) is 16.6. The average molecular weight is 223 g/mol. The van der Waals surface area contributed by atoms with Crippen LogP contribution in [0.5, 0.6) is 5.75 Å². The number of hydrogen-bond donors (Lipinski definition) is 2. The van der Waals surface area contributed by atoms with Crippen molar-refractivity contribution in [1.29, 1.82) is 0 Å². The highest BCUT2D eigenvalue weighted by Gasteiger charge is 2.15. The Balaban J connectivity index is 2.86. The Kier molecular flexibility index (Phi) is 4.77. The van der Waals surface area contributed by atoms with Crippen molar-refractivity contribution < 1.29 is 9.84 Å². The van der Waals surface area contributed by atoms with Crippen LogP contribution in [0.1, 0.15) is 38.8 Å². The van der Waals surface area contributed by atoms with Gasteiger partial charge in [0.15, 0.2) is 0 Å². The topological polar surface area (TPSA) is 55.5 Å². The van der Waals surface area contributed by atoms with Crippen molar-refractivity contribution in [2.24, 2.45) is 5.73 Å². The van der Waals surface area contributed by atoms with Crippen LogP contribution in [0.25, 0.3) is 0 Å². The molecule has 0 aliphatic heterocycles. The third-order valence-electron chi connectivity index (χ3n) is 2.75. The second-order valence-electron chi connectivity index (χ2n) is 4.12. The summed E-state index contributed by atoms with van der Waals surface area (Å²) >= 11 is 0. The lowest BCUT2D eigenvalue weighted by Crippen LogP contribution is -2.26. The zero-order chi connectivity index (χ0) is 12.1. The molecule has 0 heterocycles. The van der Waals surface area contributed by atoms with Crippen molar-refractivity contribution >= 4 is 0 Å². The highest BCUT2D eigenvalue weighted by Crippen LogP contribution is 2.26. The van der Waals surface area contributed by atoms with E-state index >= 15 is 0 Å². The first-order valence-electron chi connectivity index (χ1n) is 5.75. The van der Waals surface area contributed by atoms with Gasteiger partial charge in [-0.3, -0.25) is 0 Å². The molecule has 3 heteroatoms. The van der Waals surface area contributed by atoms with Crippen molar-refractivity contribution in [3.63, 3.8) is 0 Å². The van der Waals surface area contributed by atoms with Gasteiger partial charge in [-0.2, -0.15) is 0 Å². The molecule has 1 rings (SSSR count). The molecule has 0 fully saturated rings. The van der Waals surface area contributed by atoms with E-state index in [-0.39, 0.29) is 12.1 Å². The van der Waals surface area contributed by atoms with Crippen molar-refractivity contribution in [2.45, 2.75) is 45.4 Å². The Hall–Kier alpha value is -1.06. The van der Waals surface area contributed by atoms with Gasteiger partial charge in [0.05, 0.1) is 6.10 Å². The molecule has 0 saturated heterocycles. The van der Waals surface area contributed by atoms with Crippen LogP contribution in [-0.2, 0) is 0 Å². The number of hydrogen-bond acceptors (Lipinski definition) is 3. The van der Waals surface area contributed by atoms with E-state index in [4.69, 9.17) is 10.5 Å². The van der Waals surface area contributed by atoms with Gasteiger partial charge >= 0.3 is 0 Å². The highest BCUT2D eigenvalue weighted by atomic mass is 16.5. The summed E-state index contributed by atoms with van der Waals surface area (Å²) in [6.07, 6.45) is 0.139. The molecule has 90 valence electrons. The summed E-state index contributed by atoms with van der Waals surface area (Å²) < 4.78 is 5.70. The van der Waals surface area contributed by atoms with Crippen LogP contribution in [0.2, 0.25) is 0 Å². The molecule has 0 aliphatic rings. The van der Waals surface area contributed by atoms with Crippen LogP contribution in [0, 0.1) is 0 Å². The molecule has 1 aromatic carbocycles. The minimum Gasteiger partial charge on any atom is -0.488 e. The second kappa shape index (κ2) is 5.87. The molecular formula is C13H21NO2. The van der Waals surface area contributed by atoms with Crippen LogP contribution in [-0.4, -0.2) is 17.3 Å². The molecule has 3 atom stereocenters. The van der Waals surface area contributed by atoms with Gasteiger partial charge in [0.1, 0.15) is 11.9 Å². The molecule has 0 aliphatic carbocycles. The number of aliphatic hydroxyl groups is 1. The highest BCUT2D eigenvalue weighted by molar-refractivity contribution is 5.35. The fraction of sp³-hybridized carbons (Fsp3) is 0.538. The van der Waals surface area contributed by atoms with Crippen molar-refractivity contribution in [3.8, 4) is 5.75 Å². The van der Waals surface area contributed by atoms with E-state index in [0.29, 0.717) is 0 Å². The quantitative estimate of drug-likeness (QED) is 0.805. The summed E-state index contributed by atoms with van der Waals surface area (Å²) in [6, 6.07) is 7.71. The Morgan fingerprint density at radius 2 is 1.94 bits per heavy atom. The number of benzene rings is 1. The van der Waals surface area contributed by atoms with Gasteiger partial charge < -0.3 is 15.6 Å². The summed E-state index contributed by atoms with van der Waals surface area (Å²) in [6.45, 7) is 5.60. The predicted molar refractivity (Wildman–Crippen MR) is 65.4 cm³/mol. The molecule has 3 nitrogen and oxygen atoms in total. The van der Waals surface area contributed by atoms with Crippen molar-refractivity contribution in [2.75, 3.05) is 0 Å². The van der Waals surface area contributed by atoms with E-state index in [1.165, 1.54) is 0 Å². The predicted octanol–water partition coefficient (Wildman–Crippen LogP) is 2.24. The summed E-state index contributed by atoms with van der Waals surface area (Å²) in [5.74, 6) is 0.769. The van der Waals surface area contributed by atoms with E-state index in [1.807, 2.05) is 38.1 Å². The van der Waals surface area contributed by atoms with E-state index in [0.717, 1.165) is 17.7 Å². The molecule has 2 unspecified atom stereocenters. The Morgan fingerprint density at radius 1 is 1.31 bits per heavy atom. The largest absolute Gasteiger partial charge is 0.488 e. The smallest absolute Gasteiger partial charge is 0.124 e. The summed E-state index contributed by atoms with van der Waals surface area (Å²) in [4.78, 5) is 0. The average Bonchev–Trinajstić information content (AvgIpc) is 2.28. The van der Waals surface area contributed by atoms with Gasteiger partial charge in [-0.25, -0.2) is 0 Å². The lowest BCUT2D eigenvalue weighted by molar-refractivity contribution is 0.0596. The molecule has 0 aromatic heterocycles. The number of ether oxygens (including phenoxy) is 1. The molecule has 3 N–H and O–H groups in total. The molecule has 16 heavy (non-hydrogen) atoms. The molecule has 0 amide bonds. The Bertz CT molecular complexity index is 325. The van der Waals surface area contributed by atoms with Crippen LogP contribution in [0.4, 0.5) is 0 Å². The van der Waals surface area contributed by atoms with E-state index < -0.39 is 6.10 Å². The number of nitrogens with two attached hydrogens (primary N) is 1. The van der Waals surface area contributed by atoms with Gasteiger partial charge in [0, 0.05) is 11.6 Å². The second-order valence-corrected chi connectivity index (χ2v) is 4.12. The summed E-state index contributed by atoms with van der Waals surface area (Å²) in [5.41, 5.74) is 7.00. The maximum Gasteiger partial charge on any atom is 0.124 e. The number of rotatable bonds is 5. The third-order valence-corrected chi connectivity index (χ3v) is 2.75. The van der Waals surface area contributed by atoms with Gasteiger partial charge in [-0.1, -0.05) is 25.1 Å². The zero-order valence-electron chi connectivity index (χ0n) is 10.2. The minimum absolute atomic E-state index is 0.0163. The summed E-state index contributed by atoms with van der Waals surface area (Å²) in [7, 11) is 0. The van der Waals surface area contributed by atoms with Crippen molar-refractivity contribution in [3.05, 3.63) is 29.8 Å². The SMILES string of the molecule is CC[C@@H](N)c1ccccc1OC(C)C(C)O. The van der Waals surface area contributed by atoms with Crippen LogP contribution < -0.4 is 10.5 Å². The lowest BCUT2D eigenvalue weighted by Gasteiger charge is -2.21. The molecule has 0 spiro atoms. The van der Waals surface area contributed by atoms with Gasteiger partial charge in [0.2, 0.25) is 0 Å². The zero-order valence-corrected chi connectivity index (χ0v) is 10.2. The fourth-order valence-electron chi connectivity index (χ4n) is 1.41. The Morgan fingerprint density at radius 3 is 2.50 bits per heavy atom. The van der Waals surface area contributed by atoms with Crippen LogP contribution in [0.3, 0.4) is 0 Å². The summed E-state index contributed by atoms with van der Waals surface area (Å²) in [5, 5.41) is 9.41. The molecule has 0 radical (unpaired) electrons. The van der Waals surface area contributed by atoms with Gasteiger partial charge in [0.25, 0.3) is 0 Å². The van der Waals surface area contributed by atoms with Crippen LogP contribution in [0.15, 0.2) is 24.3 Å². The number of para-hydroxylation sites is 1. The maximum absolute atomic E-state index is 9.41. The first-order valence-corrected chi connectivity index (χ1v) is 5.75. The van der Waals surface area contributed by atoms with E-state index in [9.17, 15) is 5.11 Å². The third kappa shape index (κ3) is 3.22. The standard InChI is InChI=1S/C13H21NO2/c1-4-12(14)11-7-5-6-8-13(11)16-10(3)9(2)15/h5-10,12,15H,4,14H2,1-3H3/t9?,10?,12-/m1/s1. The fourth-order valence-corrected chi connectivity index (χ4v) is 1.41. The first kappa shape index (κ1) is 13.0. The lowest BCUT2D eigenvalue weighted by atomic mass is 10.0. The van der Waals surface area contributed by atoms with Crippen LogP contribution >= 0.6 is 0 Å². The minimum atomic E-state index is -0.495. The number of aliphatic hydroxyl groups excluding tert-OH is 1. The van der Waals surface area contributed by atoms with Gasteiger partial charge in [-0.05, 0) is 26.3 Å². The molecule has 0 bridgehead atoms. The molecular weight excluding hydrogens is 202 g/mol. The molecule has 1 aromatic rings.